The number of rotatable bonds is 3. The zero-order valence-corrected chi connectivity index (χ0v) is 13.4. The summed E-state index contributed by atoms with van der Waals surface area (Å²) in [4.78, 5) is 0. The average Bonchev–Trinajstić information content (AvgIpc) is 2.38. The van der Waals surface area contributed by atoms with E-state index in [1.165, 1.54) is 0 Å². The molecule has 1 heterocycles. The van der Waals surface area contributed by atoms with Gasteiger partial charge in [0, 0.05) is 0 Å². The van der Waals surface area contributed by atoms with Crippen LogP contribution in [-0.4, -0.2) is 29.2 Å². The lowest BCUT2D eigenvalue weighted by atomic mass is 10.1. The summed E-state index contributed by atoms with van der Waals surface area (Å²) in [6, 6.07) is 0. The normalized spacial score (nSPS) is 31.3. The third kappa shape index (κ3) is 4.10. The molecule has 15 heavy (non-hydrogen) atoms. The zero-order valence-electron chi connectivity index (χ0n) is 9.04. The number of aliphatic hydroxyl groups excluding tert-OH is 1. The highest BCUT2D eigenvalue weighted by Gasteiger charge is 2.43. The van der Waals surface area contributed by atoms with E-state index in [9.17, 15) is 5.11 Å². The van der Waals surface area contributed by atoms with Crippen molar-refractivity contribution in [3.63, 3.8) is 0 Å². The molecule has 5 heteroatoms. The van der Waals surface area contributed by atoms with Crippen molar-refractivity contribution in [3.05, 3.63) is 7.66 Å². The Labute approximate surface area is 118 Å². The number of hydrogen-bond donors (Lipinski definition) is 1. The van der Waals surface area contributed by atoms with Crippen LogP contribution >= 0.6 is 45.2 Å². The molecule has 0 saturated carbocycles. The van der Waals surface area contributed by atoms with Crippen LogP contribution < -0.4 is 0 Å². The molecule has 1 aliphatic rings. The minimum absolute atomic E-state index is 0.154. The van der Waals surface area contributed by atoms with Crippen molar-refractivity contribution >= 4 is 45.2 Å². The lowest BCUT2D eigenvalue weighted by molar-refractivity contribution is -0.153. The lowest BCUT2D eigenvalue weighted by Crippen LogP contribution is -2.34. The maximum atomic E-state index is 9.83. The summed E-state index contributed by atoms with van der Waals surface area (Å²) in [6.07, 6.45) is 1.77. The molecule has 0 bridgehead atoms. The van der Waals surface area contributed by atoms with Crippen LogP contribution in [0.1, 0.15) is 27.2 Å². The molecule has 1 aliphatic heterocycles. The third-order valence-electron chi connectivity index (χ3n) is 2.25. The molecule has 0 aromatic carbocycles. The Bertz CT molecular complexity index is 249. The largest absolute Gasteiger partial charge is 0.390 e. The first-order valence-electron chi connectivity index (χ1n) is 4.92. The van der Waals surface area contributed by atoms with Crippen molar-refractivity contribution in [2.75, 3.05) is 0 Å². The van der Waals surface area contributed by atoms with E-state index in [0.29, 0.717) is 6.42 Å². The van der Waals surface area contributed by atoms with Crippen LogP contribution in [-0.2, 0) is 9.47 Å². The molecule has 1 rings (SSSR count). The van der Waals surface area contributed by atoms with E-state index in [0.717, 1.165) is 1.59 Å². The number of aliphatic hydroxyl groups is 1. The Morgan fingerprint density at radius 2 is 2.07 bits per heavy atom. The van der Waals surface area contributed by atoms with Gasteiger partial charge in [-0.25, -0.2) is 0 Å². The van der Waals surface area contributed by atoms with Gasteiger partial charge in [0.1, 0.15) is 12.2 Å². The van der Waals surface area contributed by atoms with Crippen LogP contribution in [0.4, 0.5) is 0 Å². The fourth-order valence-corrected chi connectivity index (χ4v) is 2.31. The third-order valence-corrected chi connectivity index (χ3v) is 2.97. The van der Waals surface area contributed by atoms with Crippen molar-refractivity contribution in [1.29, 1.82) is 0 Å². The van der Waals surface area contributed by atoms with Gasteiger partial charge in [0.05, 0.1) is 7.69 Å². The Kier molecular flexibility index (Phi) is 5.29. The van der Waals surface area contributed by atoms with Crippen LogP contribution in [0.25, 0.3) is 0 Å². The van der Waals surface area contributed by atoms with Gasteiger partial charge in [-0.15, -0.1) is 0 Å². The Morgan fingerprint density at radius 1 is 1.47 bits per heavy atom. The molecule has 1 saturated heterocycles. The summed E-state index contributed by atoms with van der Waals surface area (Å²) in [5.41, 5.74) is 0. The van der Waals surface area contributed by atoms with Gasteiger partial charge in [0.15, 0.2) is 5.79 Å². The molecule has 3 atom stereocenters. The highest BCUT2D eigenvalue weighted by Crippen LogP contribution is 2.33. The first kappa shape index (κ1) is 14.1. The highest BCUT2D eigenvalue weighted by atomic mass is 127. The van der Waals surface area contributed by atoms with Crippen LogP contribution in [0.3, 0.4) is 0 Å². The molecule has 0 aromatic heterocycles. The molecule has 0 aromatic rings. The summed E-state index contributed by atoms with van der Waals surface area (Å²) in [5, 5.41) is 9.83. The first-order valence-corrected chi connectivity index (χ1v) is 7.08. The molecular weight excluding hydrogens is 422 g/mol. The fourth-order valence-electron chi connectivity index (χ4n) is 1.60. The van der Waals surface area contributed by atoms with Crippen molar-refractivity contribution < 1.29 is 14.6 Å². The van der Waals surface area contributed by atoms with Gasteiger partial charge in [-0.1, -0.05) is 6.92 Å². The number of hydrogen-bond acceptors (Lipinski definition) is 3. The molecule has 0 aliphatic carbocycles. The monoisotopic (exact) mass is 438 g/mol. The predicted octanol–water partition coefficient (Wildman–Crippen LogP) is 2.99. The molecule has 88 valence electrons. The summed E-state index contributed by atoms with van der Waals surface area (Å²) >= 11 is 4.44. The SMILES string of the molecule is CCC(O)[C@H]1OC(C)(C)O[C@H]1C=C(I)I. The van der Waals surface area contributed by atoms with Gasteiger partial charge in [0.25, 0.3) is 0 Å². The molecule has 1 fully saturated rings. The smallest absolute Gasteiger partial charge is 0.164 e. The van der Waals surface area contributed by atoms with Crippen molar-refractivity contribution in [2.45, 2.75) is 51.3 Å². The second-order valence-corrected chi connectivity index (χ2v) is 8.39. The summed E-state index contributed by atoms with van der Waals surface area (Å²) in [5.74, 6) is -0.606. The van der Waals surface area contributed by atoms with Gasteiger partial charge in [-0.3, -0.25) is 0 Å². The van der Waals surface area contributed by atoms with E-state index in [-0.39, 0.29) is 12.2 Å². The van der Waals surface area contributed by atoms with E-state index in [4.69, 9.17) is 9.47 Å². The molecule has 3 nitrogen and oxygen atoms in total. The zero-order chi connectivity index (χ0) is 11.6. The molecule has 1 unspecified atom stereocenters. The second kappa shape index (κ2) is 5.61. The second-order valence-electron chi connectivity index (χ2n) is 4.00. The van der Waals surface area contributed by atoms with Gasteiger partial charge >= 0.3 is 0 Å². The van der Waals surface area contributed by atoms with Crippen LogP contribution in [0, 0.1) is 0 Å². The summed E-state index contributed by atoms with van der Waals surface area (Å²) in [7, 11) is 0. The van der Waals surface area contributed by atoms with Crippen molar-refractivity contribution in [2.24, 2.45) is 0 Å². The van der Waals surface area contributed by atoms with E-state index < -0.39 is 11.9 Å². The fraction of sp³-hybridized carbons (Fsp3) is 0.800. The average molecular weight is 438 g/mol. The van der Waals surface area contributed by atoms with E-state index in [1.54, 1.807) is 0 Å². The maximum Gasteiger partial charge on any atom is 0.164 e. The van der Waals surface area contributed by atoms with Gasteiger partial charge in [0.2, 0.25) is 0 Å². The van der Waals surface area contributed by atoms with E-state index in [2.05, 4.69) is 45.2 Å². The van der Waals surface area contributed by atoms with Crippen LogP contribution in [0.5, 0.6) is 0 Å². The first-order chi connectivity index (χ1) is 6.85. The highest BCUT2D eigenvalue weighted by molar-refractivity contribution is 14.2. The predicted molar refractivity (Wildman–Crippen MR) is 76.2 cm³/mol. The van der Waals surface area contributed by atoms with Crippen LogP contribution in [0.2, 0.25) is 0 Å². The summed E-state index contributed by atoms with van der Waals surface area (Å²) < 4.78 is 12.5. The van der Waals surface area contributed by atoms with Crippen molar-refractivity contribution in [1.82, 2.24) is 0 Å². The Morgan fingerprint density at radius 3 is 2.53 bits per heavy atom. The van der Waals surface area contributed by atoms with Gasteiger partial charge < -0.3 is 14.6 Å². The standard InChI is InChI=1S/C10H16I2O3/c1-4-6(13)9-7(5-8(11)12)14-10(2,3)15-9/h5-7,9,13H,4H2,1-3H3/t6?,7-,9+/m0/s1. The van der Waals surface area contributed by atoms with E-state index >= 15 is 0 Å². The number of halogens is 2. The molecule has 1 N–H and O–H groups in total. The Hall–Kier alpha value is 1.08. The van der Waals surface area contributed by atoms with Gasteiger partial charge in [-0.2, -0.15) is 0 Å². The number of ether oxygens (including phenoxy) is 2. The molecule has 0 amide bonds. The molecular formula is C10H16I2O3. The maximum absolute atomic E-state index is 9.83. The Balaban J connectivity index is 2.79. The molecule has 0 radical (unpaired) electrons. The van der Waals surface area contributed by atoms with E-state index in [1.807, 2.05) is 26.8 Å². The van der Waals surface area contributed by atoms with Crippen LogP contribution in [0.15, 0.2) is 7.66 Å². The van der Waals surface area contributed by atoms with Crippen molar-refractivity contribution in [3.8, 4) is 0 Å². The quantitative estimate of drug-likeness (QED) is 0.690. The lowest BCUT2D eigenvalue weighted by Gasteiger charge is -2.20. The topological polar surface area (TPSA) is 38.7 Å². The molecule has 0 spiro atoms. The summed E-state index contributed by atoms with van der Waals surface area (Å²) in [6.45, 7) is 5.68. The minimum Gasteiger partial charge on any atom is -0.390 e. The van der Waals surface area contributed by atoms with Gasteiger partial charge in [-0.05, 0) is 71.5 Å². The minimum atomic E-state index is -0.606.